The van der Waals surface area contributed by atoms with Crippen LogP contribution in [0, 0.1) is 11.3 Å². The topological polar surface area (TPSA) is 59.9 Å². The van der Waals surface area contributed by atoms with Crippen LogP contribution < -0.4 is 0 Å². The van der Waals surface area contributed by atoms with Crippen LogP contribution in [-0.4, -0.2) is 28.9 Å². The van der Waals surface area contributed by atoms with Gasteiger partial charge >= 0.3 is 0 Å². The molecule has 0 saturated heterocycles. The average Bonchev–Trinajstić information content (AvgIpc) is 2.83. The summed E-state index contributed by atoms with van der Waals surface area (Å²) in [5, 5.41) is 9.69. The van der Waals surface area contributed by atoms with Gasteiger partial charge in [-0.3, -0.25) is 4.79 Å². The Bertz CT molecular complexity index is 609. The molecular weight excluding hydrogens is 238 g/mol. The summed E-state index contributed by atoms with van der Waals surface area (Å²) >= 11 is 0. The Morgan fingerprint density at radius 3 is 2.95 bits per heavy atom. The van der Waals surface area contributed by atoms with Gasteiger partial charge in [0.2, 0.25) is 5.91 Å². The van der Waals surface area contributed by atoms with E-state index >= 15 is 0 Å². The number of carbonyl (C=O) groups excluding carboxylic acids is 1. The first kappa shape index (κ1) is 13.2. The standard InChI is InChI=1S/C15H17N3O/c1-2-18(9-5-8-16)15(19)10-12-11-17-14-7-4-3-6-13(12)14/h3-4,6-7,11,17H,2,5,9-10H2,1H3. The van der Waals surface area contributed by atoms with Crippen LogP contribution in [0.4, 0.5) is 0 Å². The second-order valence-corrected chi connectivity index (χ2v) is 4.42. The second kappa shape index (κ2) is 6.05. The van der Waals surface area contributed by atoms with Gasteiger partial charge in [-0.1, -0.05) is 18.2 Å². The van der Waals surface area contributed by atoms with E-state index in [0.29, 0.717) is 25.9 Å². The number of nitriles is 1. The molecule has 98 valence electrons. The highest BCUT2D eigenvalue weighted by molar-refractivity contribution is 5.88. The molecule has 0 fully saturated rings. The number of hydrogen-bond acceptors (Lipinski definition) is 2. The molecule has 0 saturated carbocycles. The first-order valence-electron chi connectivity index (χ1n) is 6.46. The number of H-pyrrole nitrogens is 1. The Morgan fingerprint density at radius 2 is 2.21 bits per heavy atom. The van der Waals surface area contributed by atoms with E-state index in [1.807, 2.05) is 37.4 Å². The number of nitrogens with one attached hydrogen (secondary N) is 1. The van der Waals surface area contributed by atoms with Crippen LogP contribution in [0.25, 0.3) is 10.9 Å². The summed E-state index contributed by atoms with van der Waals surface area (Å²) in [7, 11) is 0. The van der Waals surface area contributed by atoms with E-state index in [9.17, 15) is 4.79 Å². The molecule has 0 spiro atoms. The third-order valence-electron chi connectivity index (χ3n) is 3.24. The Balaban J connectivity index is 2.12. The van der Waals surface area contributed by atoms with Crippen LogP contribution in [0.5, 0.6) is 0 Å². The molecule has 0 aliphatic rings. The molecular formula is C15H17N3O. The Hall–Kier alpha value is -2.28. The maximum Gasteiger partial charge on any atom is 0.227 e. The van der Waals surface area contributed by atoms with Crippen LogP contribution in [0.2, 0.25) is 0 Å². The van der Waals surface area contributed by atoms with Crippen LogP contribution in [-0.2, 0) is 11.2 Å². The van der Waals surface area contributed by atoms with Crippen LogP contribution >= 0.6 is 0 Å². The molecule has 1 N–H and O–H groups in total. The van der Waals surface area contributed by atoms with Crippen LogP contribution in [0.15, 0.2) is 30.5 Å². The van der Waals surface area contributed by atoms with E-state index in [4.69, 9.17) is 5.26 Å². The number of amides is 1. The third-order valence-corrected chi connectivity index (χ3v) is 3.24. The molecule has 1 aromatic carbocycles. The van der Waals surface area contributed by atoms with Crippen molar-refractivity contribution in [3.63, 3.8) is 0 Å². The summed E-state index contributed by atoms with van der Waals surface area (Å²) in [5.74, 6) is 0.0718. The van der Waals surface area contributed by atoms with E-state index in [-0.39, 0.29) is 5.91 Å². The van der Waals surface area contributed by atoms with E-state index in [1.54, 1.807) is 4.90 Å². The van der Waals surface area contributed by atoms with E-state index in [1.165, 1.54) is 0 Å². The molecule has 0 radical (unpaired) electrons. The number of likely N-dealkylation sites (N-methyl/N-ethyl adjacent to an activating group) is 1. The third kappa shape index (κ3) is 2.94. The molecule has 1 aromatic heterocycles. The number of nitrogens with zero attached hydrogens (tertiary/aromatic N) is 2. The predicted octanol–water partition coefficient (Wildman–Crippen LogP) is 2.47. The zero-order valence-corrected chi connectivity index (χ0v) is 11.0. The van der Waals surface area contributed by atoms with Crippen molar-refractivity contribution >= 4 is 16.8 Å². The SMILES string of the molecule is CCN(CCC#N)C(=O)Cc1c[nH]c2ccccc12. The van der Waals surface area contributed by atoms with Gasteiger partial charge in [0.1, 0.15) is 0 Å². The molecule has 1 heterocycles. The van der Waals surface area contributed by atoms with Gasteiger partial charge in [-0.2, -0.15) is 5.26 Å². The largest absolute Gasteiger partial charge is 0.361 e. The van der Waals surface area contributed by atoms with Crippen molar-refractivity contribution in [2.75, 3.05) is 13.1 Å². The number of aromatic amines is 1. The summed E-state index contributed by atoms with van der Waals surface area (Å²) in [4.78, 5) is 17.1. The first-order valence-corrected chi connectivity index (χ1v) is 6.46. The lowest BCUT2D eigenvalue weighted by atomic mass is 10.1. The summed E-state index contributed by atoms with van der Waals surface area (Å²) in [6, 6.07) is 10.0. The Morgan fingerprint density at radius 1 is 1.42 bits per heavy atom. The van der Waals surface area contributed by atoms with Crippen molar-refractivity contribution in [2.24, 2.45) is 0 Å². The van der Waals surface area contributed by atoms with E-state index in [2.05, 4.69) is 11.1 Å². The van der Waals surface area contributed by atoms with Crippen molar-refractivity contribution in [1.29, 1.82) is 5.26 Å². The lowest BCUT2D eigenvalue weighted by molar-refractivity contribution is -0.130. The van der Waals surface area contributed by atoms with Gasteiger partial charge in [-0.15, -0.1) is 0 Å². The van der Waals surface area contributed by atoms with Gasteiger partial charge in [0, 0.05) is 30.2 Å². The van der Waals surface area contributed by atoms with Crippen LogP contribution in [0.1, 0.15) is 18.9 Å². The summed E-state index contributed by atoms with van der Waals surface area (Å²) in [6.07, 6.45) is 2.65. The fourth-order valence-corrected chi connectivity index (χ4v) is 2.20. The number of fused-ring (bicyclic) bond motifs is 1. The molecule has 0 aliphatic heterocycles. The molecule has 0 aliphatic carbocycles. The molecule has 4 nitrogen and oxygen atoms in total. The van der Waals surface area contributed by atoms with Gasteiger partial charge < -0.3 is 9.88 Å². The first-order chi connectivity index (χ1) is 9.26. The normalized spacial score (nSPS) is 10.3. The van der Waals surface area contributed by atoms with Crippen molar-refractivity contribution in [1.82, 2.24) is 9.88 Å². The van der Waals surface area contributed by atoms with Crippen LogP contribution in [0.3, 0.4) is 0 Å². The van der Waals surface area contributed by atoms with Gasteiger partial charge in [-0.25, -0.2) is 0 Å². The second-order valence-electron chi connectivity index (χ2n) is 4.42. The smallest absolute Gasteiger partial charge is 0.227 e. The van der Waals surface area contributed by atoms with Crippen molar-refractivity contribution in [3.05, 3.63) is 36.0 Å². The Kier molecular flexibility index (Phi) is 4.19. The molecule has 2 rings (SSSR count). The lowest BCUT2D eigenvalue weighted by Crippen LogP contribution is -2.32. The Labute approximate surface area is 112 Å². The van der Waals surface area contributed by atoms with Gasteiger partial charge in [0.15, 0.2) is 0 Å². The molecule has 0 atom stereocenters. The number of rotatable bonds is 5. The molecule has 4 heteroatoms. The monoisotopic (exact) mass is 255 g/mol. The van der Waals surface area contributed by atoms with Gasteiger partial charge in [0.25, 0.3) is 0 Å². The zero-order valence-electron chi connectivity index (χ0n) is 11.0. The van der Waals surface area contributed by atoms with Crippen molar-refractivity contribution in [2.45, 2.75) is 19.8 Å². The summed E-state index contributed by atoms with van der Waals surface area (Å²) < 4.78 is 0. The average molecular weight is 255 g/mol. The van der Waals surface area contributed by atoms with Crippen molar-refractivity contribution < 1.29 is 4.79 Å². The number of hydrogen-bond donors (Lipinski definition) is 1. The predicted molar refractivity (Wildman–Crippen MR) is 74.5 cm³/mol. The van der Waals surface area contributed by atoms with Gasteiger partial charge in [0.05, 0.1) is 18.9 Å². The number of aromatic nitrogens is 1. The molecule has 0 unspecified atom stereocenters. The van der Waals surface area contributed by atoms with E-state index < -0.39 is 0 Å². The quantitative estimate of drug-likeness (QED) is 0.892. The number of carbonyl (C=O) groups is 1. The molecule has 0 bridgehead atoms. The van der Waals surface area contributed by atoms with E-state index in [0.717, 1.165) is 16.5 Å². The fourth-order valence-electron chi connectivity index (χ4n) is 2.20. The van der Waals surface area contributed by atoms with Gasteiger partial charge in [-0.05, 0) is 18.6 Å². The lowest BCUT2D eigenvalue weighted by Gasteiger charge is -2.19. The minimum atomic E-state index is 0.0718. The molecule has 2 aromatic rings. The molecule has 19 heavy (non-hydrogen) atoms. The number of benzene rings is 1. The summed E-state index contributed by atoms with van der Waals surface area (Å²) in [6.45, 7) is 3.08. The maximum atomic E-state index is 12.2. The number of para-hydroxylation sites is 1. The minimum Gasteiger partial charge on any atom is -0.361 e. The summed E-state index contributed by atoms with van der Waals surface area (Å²) in [5.41, 5.74) is 2.06. The molecule has 1 amide bonds. The fraction of sp³-hybridized carbons (Fsp3) is 0.333. The minimum absolute atomic E-state index is 0.0718. The highest BCUT2D eigenvalue weighted by Crippen LogP contribution is 2.18. The highest BCUT2D eigenvalue weighted by Gasteiger charge is 2.14. The maximum absolute atomic E-state index is 12.2. The van der Waals surface area contributed by atoms with Crippen molar-refractivity contribution in [3.8, 4) is 6.07 Å². The highest BCUT2D eigenvalue weighted by atomic mass is 16.2. The zero-order chi connectivity index (χ0) is 13.7.